The Hall–Kier alpha value is -2.21. The van der Waals surface area contributed by atoms with Gasteiger partial charge in [-0.1, -0.05) is 0 Å². The number of benzene rings is 1. The van der Waals surface area contributed by atoms with Crippen LogP contribution in [0, 0.1) is 5.82 Å². The zero-order valence-corrected chi connectivity index (χ0v) is 11.8. The number of rotatable bonds is 3. The van der Waals surface area contributed by atoms with E-state index < -0.39 is 5.82 Å². The van der Waals surface area contributed by atoms with Gasteiger partial charge in [0.15, 0.2) is 0 Å². The van der Waals surface area contributed by atoms with E-state index in [1.54, 1.807) is 42.5 Å². The number of carbonyl (C=O) groups excluding carboxylic acids is 1. The second kappa shape index (κ2) is 5.65. The molecule has 1 atom stereocenters. The van der Waals surface area contributed by atoms with Gasteiger partial charge in [0.1, 0.15) is 11.5 Å². The summed E-state index contributed by atoms with van der Waals surface area (Å²) in [6.07, 6.45) is 4.17. The van der Waals surface area contributed by atoms with Crippen molar-refractivity contribution in [1.29, 1.82) is 0 Å². The van der Waals surface area contributed by atoms with E-state index in [1.165, 1.54) is 10.7 Å². The minimum absolute atomic E-state index is 0.158. The van der Waals surface area contributed by atoms with Gasteiger partial charge in [-0.15, -0.1) is 0 Å². The molecule has 1 aromatic heterocycles. The zero-order chi connectivity index (χ0) is 14.8. The maximum Gasteiger partial charge on any atom is 0.253 e. The van der Waals surface area contributed by atoms with Crippen LogP contribution in [0.4, 0.5) is 4.39 Å². The third-order valence-electron chi connectivity index (χ3n) is 3.85. The molecule has 1 aromatic carbocycles. The van der Waals surface area contributed by atoms with Gasteiger partial charge in [-0.25, -0.2) is 9.07 Å². The Morgan fingerprint density at radius 1 is 1.52 bits per heavy atom. The minimum atomic E-state index is -0.456. The number of amides is 1. The first kappa shape index (κ1) is 13.8. The molecule has 1 amide bonds. The molecule has 1 aliphatic rings. The molecule has 0 saturated carbocycles. The lowest BCUT2D eigenvalue weighted by molar-refractivity contribution is 0.0743. The van der Waals surface area contributed by atoms with Crippen molar-refractivity contribution in [2.75, 3.05) is 20.1 Å². The molecule has 5 nitrogen and oxygen atoms in total. The van der Waals surface area contributed by atoms with E-state index in [2.05, 4.69) is 10.4 Å². The predicted molar refractivity (Wildman–Crippen MR) is 76.9 cm³/mol. The Kier molecular flexibility index (Phi) is 3.70. The molecule has 0 radical (unpaired) electrons. The van der Waals surface area contributed by atoms with Gasteiger partial charge in [0.25, 0.3) is 5.91 Å². The Morgan fingerprint density at radius 3 is 3.00 bits per heavy atom. The lowest BCUT2D eigenvalue weighted by atomic mass is 10.1. The number of hydrogen-bond acceptors (Lipinski definition) is 3. The molecule has 6 heteroatoms. The molecule has 2 aromatic rings. The molecule has 0 spiro atoms. The van der Waals surface area contributed by atoms with Crippen LogP contribution in [0.1, 0.15) is 16.8 Å². The summed E-state index contributed by atoms with van der Waals surface area (Å²) in [5.74, 6) is -0.614. The van der Waals surface area contributed by atoms with Gasteiger partial charge in [0.2, 0.25) is 0 Å². The van der Waals surface area contributed by atoms with Gasteiger partial charge in [-0.3, -0.25) is 4.79 Å². The molecule has 0 bridgehead atoms. The van der Waals surface area contributed by atoms with Gasteiger partial charge in [0, 0.05) is 37.6 Å². The van der Waals surface area contributed by atoms with Crippen molar-refractivity contribution in [3.63, 3.8) is 0 Å². The normalized spacial score (nSPS) is 17.9. The van der Waals surface area contributed by atoms with Crippen molar-refractivity contribution < 1.29 is 9.18 Å². The number of likely N-dealkylation sites (N-methyl/N-ethyl adjacent to an activating group) is 1. The van der Waals surface area contributed by atoms with Gasteiger partial charge in [0.05, 0.1) is 0 Å². The molecule has 110 valence electrons. The summed E-state index contributed by atoms with van der Waals surface area (Å²) in [7, 11) is 1.76. The van der Waals surface area contributed by atoms with E-state index in [4.69, 9.17) is 0 Å². The molecule has 21 heavy (non-hydrogen) atoms. The molecule has 1 N–H and O–H groups in total. The van der Waals surface area contributed by atoms with Crippen LogP contribution in [0.25, 0.3) is 5.69 Å². The third kappa shape index (κ3) is 2.67. The summed E-state index contributed by atoms with van der Waals surface area (Å²) in [6, 6.07) is 6.39. The van der Waals surface area contributed by atoms with Gasteiger partial charge >= 0.3 is 0 Å². The Labute approximate surface area is 122 Å². The topological polar surface area (TPSA) is 50.2 Å². The van der Waals surface area contributed by atoms with Crippen molar-refractivity contribution in [1.82, 2.24) is 20.0 Å². The summed E-state index contributed by atoms with van der Waals surface area (Å²) >= 11 is 0. The average molecular weight is 288 g/mol. The molecule has 0 aliphatic carbocycles. The Morgan fingerprint density at radius 2 is 2.38 bits per heavy atom. The summed E-state index contributed by atoms with van der Waals surface area (Å²) in [4.78, 5) is 14.1. The van der Waals surface area contributed by atoms with Crippen LogP contribution in [-0.2, 0) is 0 Å². The zero-order valence-electron chi connectivity index (χ0n) is 11.8. The fraction of sp³-hybridized carbons (Fsp3) is 0.333. The summed E-state index contributed by atoms with van der Waals surface area (Å²) in [5, 5.41) is 7.21. The number of carbonyl (C=O) groups is 1. The SMILES string of the molecule is CN(C(=O)c1ccc(-n2cccn2)c(F)c1)C1CCNC1. The highest BCUT2D eigenvalue weighted by atomic mass is 19.1. The molecule has 1 fully saturated rings. The quantitative estimate of drug-likeness (QED) is 0.930. The van der Waals surface area contributed by atoms with Crippen LogP contribution in [0.15, 0.2) is 36.7 Å². The largest absolute Gasteiger partial charge is 0.337 e. The summed E-state index contributed by atoms with van der Waals surface area (Å²) < 4.78 is 15.6. The molecule has 1 unspecified atom stereocenters. The standard InChI is InChI=1S/C15H17FN4O/c1-19(12-5-7-17-10-12)15(21)11-3-4-14(13(16)9-11)20-8-2-6-18-20/h2-4,6,8-9,12,17H,5,7,10H2,1H3. The van der Waals surface area contributed by atoms with Crippen LogP contribution >= 0.6 is 0 Å². The number of hydrogen-bond donors (Lipinski definition) is 1. The lowest BCUT2D eigenvalue weighted by Crippen LogP contribution is -2.38. The number of nitrogens with one attached hydrogen (secondary N) is 1. The van der Waals surface area contributed by atoms with Crippen LogP contribution < -0.4 is 5.32 Å². The second-order valence-electron chi connectivity index (χ2n) is 5.18. The first-order valence-electron chi connectivity index (χ1n) is 6.94. The fourth-order valence-corrected chi connectivity index (χ4v) is 2.58. The van der Waals surface area contributed by atoms with E-state index in [-0.39, 0.29) is 11.9 Å². The molecule has 1 saturated heterocycles. The van der Waals surface area contributed by atoms with Crippen LogP contribution in [0.2, 0.25) is 0 Å². The van der Waals surface area contributed by atoms with Gasteiger partial charge in [-0.2, -0.15) is 5.10 Å². The Bertz CT molecular complexity index is 635. The first-order chi connectivity index (χ1) is 10.2. The number of aromatic nitrogens is 2. The van der Waals surface area contributed by atoms with Crippen LogP contribution in [-0.4, -0.2) is 46.8 Å². The predicted octanol–water partition coefficient (Wildman–Crippen LogP) is 1.45. The lowest BCUT2D eigenvalue weighted by Gasteiger charge is -2.24. The van der Waals surface area contributed by atoms with Crippen molar-refractivity contribution in [3.05, 3.63) is 48.0 Å². The fourth-order valence-electron chi connectivity index (χ4n) is 2.58. The second-order valence-corrected chi connectivity index (χ2v) is 5.18. The van der Waals surface area contributed by atoms with E-state index in [1.807, 2.05) is 0 Å². The third-order valence-corrected chi connectivity index (χ3v) is 3.85. The average Bonchev–Trinajstić information content (AvgIpc) is 3.18. The maximum atomic E-state index is 14.2. The van der Waals surface area contributed by atoms with E-state index in [0.29, 0.717) is 11.3 Å². The van der Waals surface area contributed by atoms with Crippen molar-refractivity contribution >= 4 is 5.91 Å². The van der Waals surface area contributed by atoms with E-state index in [9.17, 15) is 9.18 Å². The smallest absolute Gasteiger partial charge is 0.253 e. The highest BCUT2D eigenvalue weighted by Gasteiger charge is 2.24. The van der Waals surface area contributed by atoms with Crippen LogP contribution in [0.3, 0.4) is 0 Å². The van der Waals surface area contributed by atoms with E-state index in [0.717, 1.165) is 19.5 Å². The summed E-state index contributed by atoms with van der Waals surface area (Å²) in [6.45, 7) is 1.70. The summed E-state index contributed by atoms with van der Waals surface area (Å²) in [5.41, 5.74) is 0.694. The first-order valence-corrected chi connectivity index (χ1v) is 6.94. The van der Waals surface area contributed by atoms with E-state index >= 15 is 0 Å². The van der Waals surface area contributed by atoms with Crippen molar-refractivity contribution in [3.8, 4) is 5.69 Å². The maximum absolute atomic E-state index is 14.2. The highest BCUT2D eigenvalue weighted by molar-refractivity contribution is 5.94. The molecular weight excluding hydrogens is 271 g/mol. The molecule has 1 aliphatic heterocycles. The van der Waals surface area contributed by atoms with Crippen molar-refractivity contribution in [2.24, 2.45) is 0 Å². The minimum Gasteiger partial charge on any atom is -0.337 e. The highest BCUT2D eigenvalue weighted by Crippen LogP contribution is 2.17. The van der Waals surface area contributed by atoms with Gasteiger partial charge in [-0.05, 0) is 37.2 Å². The van der Waals surface area contributed by atoms with Crippen molar-refractivity contribution in [2.45, 2.75) is 12.5 Å². The Balaban J connectivity index is 1.83. The molecule has 2 heterocycles. The molecular formula is C15H17FN4O. The monoisotopic (exact) mass is 288 g/mol. The number of nitrogens with zero attached hydrogens (tertiary/aromatic N) is 3. The molecule has 3 rings (SSSR count). The van der Waals surface area contributed by atoms with Gasteiger partial charge < -0.3 is 10.2 Å². The van der Waals surface area contributed by atoms with Crippen LogP contribution in [0.5, 0.6) is 0 Å². The number of halogens is 1.